The molecule has 5 nitrogen and oxygen atoms in total. The van der Waals surface area contributed by atoms with Crippen molar-refractivity contribution >= 4 is 11.9 Å². The van der Waals surface area contributed by atoms with Gasteiger partial charge in [-0.2, -0.15) is 0 Å². The van der Waals surface area contributed by atoms with E-state index in [2.05, 4.69) is 0 Å². The monoisotopic (exact) mass is 284 g/mol. The Labute approximate surface area is 121 Å². The number of ether oxygens (including phenoxy) is 1. The van der Waals surface area contributed by atoms with Crippen molar-refractivity contribution in [2.75, 3.05) is 6.54 Å². The lowest BCUT2D eigenvalue weighted by Crippen LogP contribution is -2.45. The Morgan fingerprint density at radius 1 is 1.38 bits per heavy atom. The van der Waals surface area contributed by atoms with E-state index in [1.807, 2.05) is 36.4 Å². The minimum absolute atomic E-state index is 0.153. The molecule has 2 bridgehead atoms. The summed E-state index contributed by atoms with van der Waals surface area (Å²) in [7, 11) is 0. The Morgan fingerprint density at radius 3 is 2.86 bits per heavy atom. The lowest BCUT2D eigenvalue weighted by molar-refractivity contribution is -0.313. The molecule has 108 valence electrons. The summed E-state index contributed by atoms with van der Waals surface area (Å²) in [4.78, 5) is 25.6. The Hall–Kier alpha value is -2.14. The number of carboxylic acids is 1. The predicted molar refractivity (Wildman–Crippen MR) is 70.6 cm³/mol. The number of hydrogen-bond donors (Lipinski definition) is 0. The minimum Gasteiger partial charge on any atom is -0.550 e. The van der Waals surface area contributed by atoms with E-state index in [1.165, 1.54) is 0 Å². The number of benzene rings is 1. The lowest BCUT2D eigenvalue weighted by atomic mass is 9.77. The average molecular weight is 284 g/mol. The summed E-state index contributed by atoms with van der Waals surface area (Å²) >= 11 is 0. The molecule has 1 amide bonds. The van der Waals surface area contributed by atoms with E-state index in [4.69, 9.17) is 4.74 Å². The first-order valence-electron chi connectivity index (χ1n) is 7.01. The molecule has 5 heteroatoms. The van der Waals surface area contributed by atoms with Gasteiger partial charge in [0.25, 0.3) is 0 Å². The van der Waals surface area contributed by atoms with Crippen molar-refractivity contribution in [2.24, 2.45) is 11.8 Å². The number of rotatable bonds is 3. The molecule has 1 aromatic rings. The van der Waals surface area contributed by atoms with Gasteiger partial charge in [-0.05, 0) is 5.56 Å². The van der Waals surface area contributed by atoms with Gasteiger partial charge in [-0.25, -0.2) is 0 Å². The van der Waals surface area contributed by atoms with E-state index in [1.54, 1.807) is 11.0 Å². The standard InChI is InChI=1S/C16H15NO4/c18-14-13-12(15(19)20)11-6-7-16(13,21-11)9-17(14)8-10-4-2-1-3-5-10/h1-7,11-13H,8-9H2,(H,19,20)/p-1/t11-,12-,13+,16+/m0/s1. The fraction of sp³-hybridized carbons (Fsp3) is 0.375. The van der Waals surface area contributed by atoms with Crippen LogP contribution in [0.3, 0.4) is 0 Å². The highest BCUT2D eigenvalue weighted by Gasteiger charge is 2.65. The second kappa shape index (κ2) is 4.18. The van der Waals surface area contributed by atoms with Gasteiger partial charge in [0.1, 0.15) is 5.60 Å². The molecule has 4 atom stereocenters. The number of hydrogen-bond acceptors (Lipinski definition) is 4. The van der Waals surface area contributed by atoms with Gasteiger partial charge in [0.2, 0.25) is 5.91 Å². The molecule has 3 aliphatic heterocycles. The van der Waals surface area contributed by atoms with Crippen LogP contribution in [0.4, 0.5) is 0 Å². The molecular formula is C16H14NO4-. The van der Waals surface area contributed by atoms with Crippen LogP contribution in [0.15, 0.2) is 42.5 Å². The summed E-state index contributed by atoms with van der Waals surface area (Å²) < 4.78 is 5.80. The third-order valence-electron chi connectivity index (χ3n) is 4.67. The Morgan fingerprint density at radius 2 is 2.14 bits per heavy atom. The number of nitrogens with zero attached hydrogens (tertiary/aromatic N) is 1. The number of fused-ring (bicyclic) bond motifs is 1. The highest BCUT2D eigenvalue weighted by atomic mass is 16.5. The van der Waals surface area contributed by atoms with Gasteiger partial charge in [0.05, 0.1) is 18.6 Å². The zero-order valence-electron chi connectivity index (χ0n) is 11.3. The summed E-state index contributed by atoms with van der Waals surface area (Å²) in [6.07, 6.45) is 3.07. The molecule has 3 aliphatic rings. The Bertz CT molecular complexity index is 641. The minimum atomic E-state index is -1.20. The molecule has 2 saturated heterocycles. The van der Waals surface area contributed by atoms with Crippen LogP contribution in [0.2, 0.25) is 0 Å². The summed E-state index contributed by atoms with van der Waals surface area (Å²) in [6, 6.07) is 9.65. The van der Waals surface area contributed by atoms with Gasteiger partial charge in [0.15, 0.2) is 0 Å². The first kappa shape index (κ1) is 12.6. The van der Waals surface area contributed by atoms with Crippen LogP contribution in [0.5, 0.6) is 0 Å². The van der Waals surface area contributed by atoms with Crippen LogP contribution < -0.4 is 5.11 Å². The van der Waals surface area contributed by atoms with Gasteiger partial charge in [-0.3, -0.25) is 4.79 Å². The van der Waals surface area contributed by atoms with E-state index in [-0.39, 0.29) is 5.91 Å². The third-order valence-corrected chi connectivity index (χ3v) is 4.67. The van der Waals surface area contributed by atoms with Crippen LogP contribution in [-0.2, 0) is 20.9 Å². The predicted octanol–water partition coefficient (Wildman–Crippen LogP) is -0.282. The molecule has 2 fully saturated rings. The van der Waals surface area contributed by atoms with E-state index in [0.717, 1.165) is 5.56 Å². The molecule has 0 saturated carbocycles. The molecule has 0 N–H and O–H groups in total. The van der Waals surface area contributed by atoms with Gasteiger partial charge in [0, 0.05) is 18.4 Å². The van der Waals surface area contributed by atoms with E-state index in [0.29, 0.717) is 13.1 Å². The van der Waals surface area contributed by atoms with Crippen LogP contribution in [0.1, 0.15) is 5.56 Å². The summed E-state index contributed by atoms with van der Waals surface area (Å²) in [5.41, 5.74) is 0.243. The summed E-state index contributed by atoms with van der Waals surface area (Å²) in [5, 5.41) is 11.3. The van der Waals surface area contributed by atoms with Crippen LogP contribution in [0.25, 0.3) is 0 Å². The maximum absolute atomic E-state index is 12.6. The largest absolute Gasteiger partial charge is 0.550 e. The van der Waals surface area contributed by atoms with Gasteiger partial charge >= 0.3 is 0 Å². The highest BCUT2D eigenvalue weighted by Crippen LogP contribution is 2.51. The highest BCUT2D eigenvalue weighted by molar-refractivity contribution is 5.90. The van der Waals surface area contributed by atoms with E-state index >= 15 is 0 Å². The fourth-order valence-electron chi connectivity index (χ4n) is 3.78. The van der Waals surface area contributed by atoms with Crippen molar-refractivity contribution < 1.29 is 19.4 Å². The van der Waals surface area contributed by atoms with Gasteiger partial charge in [-0.1, -0.05) is 42.5 Å². The first-order chi connectivity index (χ1) is 10.1. The van der Waals surface area contributed by atoms with Crippen molar-refractivity contribution in [3.63, 3.8) is 0 Å². The number of amides is 1. The van der Waals surface area contributed by atoms with Gasteiger partial charge < -0.3 is 19.5 Å². The SMILES string of the molecule is O=C([O-])[C@H]1[C@@H]2C=C[C@]3(CN(Cc4ccccc4)C(=O)[C@@H]13)O2. The first-order valence-corrected chi connectivity index (χ1v) is 7.01. The van der Waals surface area contributed by atoms with Gasteiger partial charge in [-0.15, -0.1) is 0 Å². The van der Waals surface area contributed by atoms with Crippen molar-refractivity contribution in [1.82, 2.24) is 4.90 Å². The van der Waals surface area contributed by atoms with Crippen molar-refractivity contribution in [1.29, 1.82) is 0 Å². The number of likely N-dealkylation sites (tertiary alicyclic amines) is 1. The zero-order chi connectivity index (χ0) is 14.6. The molecule has 1 aromatic carbocycles. The maximum Gasteiger partial charge on any atom is 0.230 e. The normalized spacial score (nSPS) is 36.3. The van der Waals surface area contributed by atoms with E-state index < -0.39 is 29.5 Å². The Balaban J connectivity index is 1.63. The second-order valence-electron chi connectivity index (χ2n) is 5.90. The lowest BCUT2D eigenvalue weighted by Gasteiger charge is -2.24. The maximum atomic E-state index is 12.6. The molecule has 3 heterocycles. The zero-order valence-corrected chi connectivity index (χ0v) is 11.3. The number of carbonyl (C=O) groups is 2. The topological polar surface area (TPSA) is 69.7 Å². The molecule has 1 spiro atoms. The van der Waals surface area contributed by atoms with Crippen LogP contribution >= 0.6 is 0 Å². The molecule has 0 aromatic heterocycles. The van der Waals surface area contributed by atoms with Crippen molar-refractivity contribution in [3.8, 4) is 0 Å². The van der Waals surface area contributed by atoms with Crippen LogP contribution in [-0.4, -0.2) is 35.0 Å². The molecule has 0 aliphatic carbocycles. The quantitative estimate of drug-likeness (QED) is 0.716. The molecule has 21 heavy (non-hydrogen) atoms. The molecule has 4 rings (SSSR count). The van der Waals surface area contributed by atoms with Crippen LogP contribution in [0, 0.1) is 11.8 Å². The summed E-state index contributed by atoms with van der Waals surface area (Å²) in [5.74, 6) is -2.88. The average Bonchev–Trinajstić information content (AvgIpc) is 3.09. The Kier molecular flexibility index (Phi) is 2.50. The third kappa shape index (κ3) is 1.67. The molecular weight excluding hydrogens is 270 g/mol. The van der Waals surface area contributed by atoms with Crippen molar-refractivity contribution in [2.45, 2.75) is 18.2 Å². The number of carboxylic acid groups (broad SMARTS) is 1. The van der Waals surface area contributed by atoms with Crippen molar-refractivity contribution in [3.05, 3.63) is 48.0 Å². The smallest absolute Gasteiger partial charge is 0.230 e. The molecule has 0 unspecified atom stereocenters. The fourth-order valence-corrected chi connectivity index (χ4v) is 3.78. The summed E-state index contributed by atoms with van der Waals surface area (Å²) in [6.45, 7) is 0.877. The molecule has 0 radical (unpaired) electrons. The number of carbonyl (C=O) groups excluding carboxylic acids is 2. The number of aliphatic carboxylic acids is 1. The second-order valence-corrected chi connectivity index (χ2v) is 5.90. The van der Waals surface area contributed by atoms with E-state index in [9.17, 15) is 14.7 Å².